The summed E-state index contributed by atoms with van der Waals surface area (Å²) in [5.41, 5.74) is 0. The van der Waals surface area contributed by atoms with Crippen LogP contribution in [-0.2, 0) is 28.6 Å². The Labute approximate surface area is 268 Å². The number of carbonyl (C=O) groups is 3. The molecule has 7 rings (SSSR count). The Hall–Kier alpha value is -1.67. The van der Waals surface area contributed by atoms with Crippen molar-refractivity contribution in [1.82, 2.24) is 0 Å². The van der Waals surface area contributed by atoms with Crippen LogP contribution in [0.15, 0.2) is 0 Å². The van der Waals surface area contributed by atoms with E-state index in [0.717, 1.165) is 44.4 Å². The third kappa shape index (κ3) is 5.66. The SMILES string of the molecule is CC(C(=O)O)C(C(=O)OCC1CC2C3CC(CO)C(C3)C2C1)C(C(=O)OCOCC1C2CCC(C2)C1C)C1C2CCC(C2)C1C. The molecular formula is C37H56O8. The van der Waals surface area contributed by atoms with Crippen molar-refractivity contribution in [3.8, 4) is 0 Å². The highest BCUT2D eigenvalue weighted by Crippen LogP contribution is 2.62. The number of aliphatic hydroxyl groups excluding tert-OH is 1. The lowest BCUT2D eigenvalue weighted by atomic mass is 9.66. The van der Waals surface area contributed by atoms with Gasteiger partial charge < -0.3 is 24.4 Å². The number of fused-ring (bicyclic) bond motifs is 9. The fraction of sp³-hybridized carbons (Fsp3) is 0.919. The molecule has 0 spiro atoms. The largest absolute Gasteiger partial charge is 0.481 e. The Kier molecular flexibility index (Phi) is 9.03. The van der Waals surface area contributed by atoms with E-state index in [1.807, 2.05) is 0 Å². The molecular weight excluding hydrogens is 572 g/mol. The van der Waals surface area contributed by atoms with Gasteiger partial charge in [0.25, 0.3) is 0 Å². The zero-order valence-electron chi connectivity index (χ0n) is 27.6. The average Bonchev–Trinajstić information content (AvgIpc) is 3.87. The lowest BCUT2D eigenvalue weighted by Crippen LogP contribution is -2.46. The van der Waals surface area contributed by atoms with Gasteiger partial charge in [-0.1, -0.05) is 20.8 Å². The predicted molar refractivity (Wildman–Crippen MR) is 165 cm³/mol. The second-order valence-corrected chi connectivity index (χ2v) is 16.9. The Morgan fingerprint density at radius 2 is 1.42 bits per heavy atom. The van der Waals surface area contributed by atoms with Gasteiger partial charge >= 0.3 is 17.9 Å². The first-order valence-corrected chi connectivity index (χ1v) is 18.4. The number of carboxylic acids is 1. The highest BCUT2D eigenvalue weighted by molar-refractivity contribution is 5.87. The maximum Gasteiger partial charge on any atom is 0.312 e. The van der Waals surface area contributed by atoms with E-state index in [4.69, 9.17) is 14.2 Å². The van der Waals surface area contributed by atoms with E-state index < -0.39 is 35.7 Å². The summed E-state index contributed by atoms with van der Waals surface area (Å²) in [5, 5.41) is 20.0. The summed E-state index contributed by atoms with van der Waals surface area (Å²) in [5.74, 6) is 1.51. The number of carbonyl (C=O) groups excluding carboxylic acids is 2. The van der Waals surface area contributed by atoms with Crippen molar-refractivity contribution in [3.63, 3.8) is 0 Å². The van der Waals surface area contributed by atoms with Crippen molar-refractivity contribution in [1.29, 1.82) is 0 Å². The van der Waals surface area contributed by atoms with Crippen LogP contribution in [0.2, 0.25) is 0 Å². The number of aliphatic hydroxyl groups is 1. The Morgan fingerprint density at radius 1 is 0.733 bits per heavy atom. The number of hydrogen-bond acceptors (Lipinski definition) is 7. The molecule has 7 aliphatic carbocycles. The van der Waals surface area contributed by atoms with Gasteiger partial charge in [0.2, 0.25) is 0 Å². The first-order chi connectivity index (χ1) is 21.7. The molecule has 0 radical (unpaired) electrons. The van der Waals surface area contributed by atoms with Crippen molar-refractivity contribution in [2.45, 2.75) is 85.0 Å². The monoisotopic (exact) mass is 628 g/mol. The zero-order valence-corrected chi connectivity index (χ0v) is 27.6. The molecule has 7 saturated carbocycles. The lowest BCUT2D eigenvalue weighted by Gasteiger charge is -2.38. The summed E-state index contributed by atoms with van der Waals surface area (Å²) in [7, 11) is 0. The van der Waals surface area contributed by atoms with Crippen LogP contribution in [0.3, 0.4) is 0 Å². The minimum atomic E-state index is -1.09. The van der Waals surface area contributed by atoms with E-state index in [-0.39, 0.29) is 37.8 Å². The van der Waals surface area contributed by atoms with Crippen LogP contribution >= 0.6 is 0 Å². The minimum Gasteiger partial charge on any atom is -0.481 e. The molecule has 7 aliphatic rings. The molecule has 0 aromatic carbocycles. The maximum atomic E-state index is 14.0. The second kappa shape index (κ2) is 12.7. The number of ether oxygens (including phenoxy) is 3. The quantitative estimate of drug-likeness (QED) is 0.153. The molecule has 0 aromatic heterocycles. The Bertz CT molecular complexity index is 1120. The van der Waals surface area contributed by atoms with Crippen molar-refractivity contribution < 1.29 is 38.8 Å². The summed E-state index contributed by atoms with van der Waals surface area (Å²) in [6.45, 7) is 6.99. The first kappa shape index (κ1) is 31.9. The topological polar surface area (TPSA) is 119 Å². The fourth-order valence-corrected chi connectivity index (χ4v) is 12.9. The van der Waals surface area contributed by atoms with Crippen molar-refractivity contribution >= 4 is 17.9 Å². The van der Waals surface area contributed by atoms with Gasteiger partial charge in [-0.3, -0.25) is 14.4 Å². The van der Waals surface area contributed by atoms with E-state index in [1.54, 1.807) is 6.92 Å². The van der Waals surface area contributed by atoms with Gasteiger partial charge in [-0.2, -0.15) is 0 Å². The number of carboxylic acid groups (broad SMARTS) is 1. The number of rotatable bonds is 13. The normalized spacial score (nSPS) is 45.9. The molecule has 8 nitrogen and oxygen atoms in total. The van der Waals surface area contributed by atoms with Gasteiger partial charge in [0.05, 0.1) is 31.0 Å². The molecule has 8 heteroatoms. The lowest BCUT2D eigenvalue weighted by molar-refractivity contribution is -0.179. The Morgan fingerprint density at radius 3 is 2.09 bits per heavy atom. The van der Waals surface area contributed by atoms with E-state index in [9.17, 15) is 24.6 Å². The zero-order chi connectivity index (χ0) is 31.6. The molecule has 6 bridgehead atoms. The maximum absolute atomic E-state index is 14.0. The number of esters is 2. The molecule has 0 aliphatic heterocycles. The summed E-state index contributed by atoms with van der Waals surface area (Å²) >= 11 is 0. The van der Waals surface area contributed by atoms with Crippen LogP contribution in [-0.4, -0.2) is 54.7 Å². The van der Waals surface area contributed by atoms with Crippen LogP contribution in [0.4, 0.5) is 0 Å². The van der Waals surface area contributed by atoms with Gasteiger partial charge in [0.1, 0.15) is 0 Å². The van der Waals surface area contributed by atoms with Gasteiger partial charge in [-0.15, -0.1) is 0 Å². The predicted octanol–water partition coefficient (Wildman–Crippen LogP) is 5.66. The highest BCUT2D eigenvalue weighted by Gasteiger charge is 2.58. The molecule has 0 aromatic rings. The van der Waals surface area contributed by atoms with E-state index in [2.05, 4.69) is 13.8 Å². The van der Waals surface area contributed by atoms with Gasteiger partial charge in [-0.05, 0) is 147 Å². The molecule has 0 amide bonds. The first-order valence-electron chi connectivity index (χ1n) is 18.4. The summed E-state index contributed by atoms with van der Waals surface area (Å²) in [4.78, 5) is 40.5. The van der Waals surface area contributed by atoms with E-state index in [0.29, 0.717) is 65.8 Å². The molecule has 17 atom stereocenters. The minimum absolute atomic E-state index is 0.0990. The second-order valence-electron chi connectivity index (χ2n) is 16.9. The third-order valence-corrected chi connectivity index (χ3v) is 15.2. The van der Waals surface area contributed by atoms with Gasteiger partial charge in [-0.25, -0.2) is 0 Å². The average molecular weight is 629 g/mol. The van der Waals surface area contributed by atoms with E-state index >= 15 is 0 Å². The molecule has 252 valence electrons. The Balaban J connectivity index is 1.02. The number of aliphatic carboxylic acids is 1. The van der Waals surface area contributed by atoms with Gasteiger partial charge in [0.15, 0.2) is 6.79 Å². The molecule has 2 N–H and O–H groups in total. The number of hydrogen-bond donors (Lipinski definition) is 2. The third-order valence-electron chi connectivity index (χ3n) is 15.2. The van der Waals surface area contributed by atoms with Crippen LogP contribution in [0.1, 0.15) is 85.0 Å². The smallest absolute Gasteiger partial charge is 0.312 e. The standard InChI is InChI=1S/C37H56O8/c1-18-22-4-6-24(10-22)31(18)16-43-17-45-37(42)34(32-19(2)23-5-7-25(32)11-23)33(20(3)35(39)40)36(41)44-15-21-8-28-26-12-27(14-38)29(13-26)30(28)9-21/h18-34,38H,4-17H2,1-3H3,(H,39,40). The summed E-state index contributed by atoms with van der Waals surface area (Å²) in [6.07, 6.45) is 11.4. The molecule has 17 unspecified atom stereocenters. The van der Waals surface area contributed by atoms with Crippen molar-refractivity contribution in [2.24, 2.45) is 101 Å². The summed E-state index contributed by atoms with van der Waals surface area (Å²) in [6, 6.07) is 0. The molecule has 45 heavy (non-hydrogen) atoms. The highest BCUT2D eigenvalue weighted by atomic mass is 16.7. The van der Waals surface area contributed by atoms with Crippen molar-refractivity contribution in [2.75, 3.05) is 26.6 Å². The molecule has 7 fully saturated rings. The van der Waals surface area contributed by atoms with Gasteiger partial charge in [0, 0.05) is 6.61 Å². The molecule has 0 heterocycles. The van der Waals surface area contributed by atoms with Crippen LogP contribution < -0.4 is 0 Å². The van der Waals surface area contributed by atoms with Crippen LogP contribution in [0.5, 0.6) is 0 Å². The summed E-state index contributed by atoms with van der Waals surface area (Å²) < 4.78 is 17.8. The van der Waals surface area contributed by atoms with Crippen molar-refractivity contribution in [3.05, 3.63) is 0 Å². The van der Waals surface area contributed by atoms with Crippen LogP contribution in [0.25, 0.3) is 0 Å². The van der Waals surface area contributed by atoms with E-state index in [1.165, 1.54) is 25.7 Å². The molecule has 0 saturated heterocycles. The fourth-order valence-electron chi connectivity index (χ4n) is 12.9. The van der Waals surface area contributed by atoms with Crippen LogP contribution in [0, 0.1) is 101 Å².